The van der Waals surface area contributed by atoms with Gasteiger partial charge in [-0.15, -0.1) is 0 Å². The van der Waals surface area contributed by atoms with Crippen molar-refractivity contribution in [3.05, 3.63) is 88.4 Å². The molecule has 170 valence electrons. The Morgan fingerprint density at radius 3 is 2.24 bits per heavy atom. The maximum absolute atomic E-state index is 12.1. The van der Waals surface area contributed by atoms with Crippen LogP contribution in [0.3, 0.4) is 0 Å². The summed E-state index contributed by atoms with van der Waals surface area (Å²) in [6, 6.07) is 20.0. The third-order valence-corrected chi connectivity index (χ3v) is 5.64. The molecule has 0 heterocycles. The summed E-state index contributed by atoms with van der Waals surface area (Å²) in [4.78, 5) is 35.0. The largest absolute Gasteiger partial charge is 0.478 e. The molecule has 0 spiro atoms. The lowest BCUT2D eigenvalue weighted by molar-refractivity contribution is -0.111. The van der Waals surface area contributed by atoms with Crippen LogP contribution in [0, 0.1) is 11.8 Å². The van der Waals surface area contributed by atoms with Gasteiger partial charge in [-0.2, -0.15) is 0 Å². The van der Waals surface area contributed by atoms with Crippen LogP contribution < -0.4 is 10.6 Å². The van der Waals surface area contributed by atoms with Crippen molar-refractivity contribution in [1.29, 1.82) is 0 Å². The number of hydrogen-bond acceptors (Lipinski definition) is 4. The van der Waals surface area contributed by atoms with Gasteiger partial charge in [-0.1, -0.05) is 66.1 Å². The number of halogens is 1. The van der Waals surface area contributed by atoms with Gasteiger partial charge in [-0.3, -0.25) is 4.79 Å². The Labute approximate surface area is 200 Å². The van der Waals surface area contributed by atoms with Crippen LogP contribution in [0.5, 0.6) is 0 Å². The van der Waals surface area contributed by atoms with Crippen LogP contribution >= 0.6 is 11.6 Å². The number of aromatic carboxylic acids is 1. The van der Waals surface area contributed by atoms with Crippen molar-refractivity contribution in [2.75, 3.05) is 18.5 Å². The molecule has 0 bridgehead atoms. The number of ether oxygens (including phenoxy) is 1. The molecule has 0 fully saturated rings. The van der Waals surface area contributed by atoms with Gasteiger partial charge in [0.15, 0.2) is 0 Å². The SMILES string of the molecule is O=C(C#CCNC(=O)OCC1c2ccccc2-c2ccccc21)Nc1ccc(C(=O)O)cc1Cl. The van der Waals surface area contributed by atoms with E-state index in [1.165, 1.54) is 18.2 Å². The molecule has 3 N–H and O–H groups in total. The molecule has 1 aliphatic carbocycles. The maximum atomic E-state index is 12.1. The first kappa shape index (κ1) is 22.9. The average Bonchev–Trinajstić information content (AvgIpc) is 3.15. The number of benzene rings is 3. The summed E-state index contributed by atoms with van der Waals surface area (Å²) >= 11 is 5.97. The van der Waals surface area contributed by atoms with Crippen molar-refractivity contribution in [1.82, 2.24) is 5.32 Å². The third kappa shape index (κ3) is 5.03. The lowest BCUT2D eigenvalue weighted by atomic mass is 9.98. The standard InChI is InChI=1S/C26H19ClN2O5/c27-22-14-16(25(31)32)11-12-23(22)29-24(30)10-5-13-28-26(33)34-15-21-19-8-3-1-6-17(19)18-7-2-4-9-20(18)21/h1-4,6-9,11-12,14,21H,13,15H2,(H,28,33)(H,29,30)(H,31,32). The zero-order valence-electron chi connectivity index (χ0n) is 17.8. The molecule has 1 aliphatic rings. The Balaban J connectivity index is 1.27. The van der Waals surface area contributed by atoms with E-state index < -0.39 is 18.0 Å². The Kier molecular flexibility index (Phi) is 6.81. The molecule has 8 heteroatoms. The van der Waals surface area contributed by atoms with Gasteiger partial charge in [0, 0.05) is 5.92 Å². The number of carboxylic acid groups (broad SMARTS) is 1. The molecule has 34 heavy (non-hydrogen) atoms. The van der Waals surface area contributed by atoms with E-state index >= 15 is 0 Å². The summed E-state index contributed by atoms with van der Waals surface area (Å²) in [7, 11) is 0. The van der Waals surface area contributed by atoms with Gasteiger partial charge in [-0.05, 0) is 46.4 Å². The normalized spacial score (nSPS) is 11.4. The first-order valence-electron chi connectivity index (χ1n) is 10.4. The smallest absolute Gasteiger partial charge is 0.407 e. The number of fused-ring (bicyclic) bond motifs is 3. The van der Waals surface area contributed by atoms with Crippen molar-refractivity contribution in [3.8, 4) is 23.0 Å². The van der Waals surface area contributed by atoms with E-state index in [4.69, 9.17) is 21.4 Å². The minimum absolute atomic E-state index is 0.00127. The van der Waals surface area contributed by atoms with Gasteiger partial charge in [0.2, 0.25) is 0 Å². The molecule has 0 saturated carbocycles. The zero-order valence-corrected chi connectivity index (χ0v) is 18.6. The third-order valence-electron chi connectivity index (χ3n) is 5.33. The van der Waals surface area contributed by atoms with Gasteiger partial charge in [0.1, 0.15) is 6.61 Å². The molecule has 7 nitrogen and oxygen atoms in total. The molecule has 3 aromatic carbocycles. The molecule has 0 unspecified atom stereocenters. The monoisotopic (exact) mass is 474 g/mol. The van der Waals surface area contributed by atoms with Crippen LogP contribution in [0.4, 0.5) is 10.5 Å². The molecule has 3 aromatic rings. The predicted molar refractivity (Wildman–Crippen MR) is 128 cm³/mol. The van der Waals surface area contributed by atoms with Crippen molar-refractivity contribution in [3.63, 3.8) is 0 Å². The fraction of sp³-hybridized carbons (Fsp3) is 0.115. The molecular formula is C26H19ClN2O5. The zero-order chi connectivity index (χ0) is 24.1. The van der Waals surface area contributed by atoms with Gasteiger partial charge in [0.05, 0.1) is 22.8 Å². The van der Waals surface area contributed by atoms with Crippen LogP contribution in [0.15, 0.2) is 66.7 Å². The summed E-state index contributed by atoms with van der Waals surface area (Å²) in [5.74, 6) is 3.03. The van der Waals surface area contributed by atoms with Crippen LogP contribution in [0.2, 0.25) is 5.02 Å². The number of carboxylic acids is 1. The average molecular weight is 475 g/mol. The quantitative estimate of drug-likeness (QED) is 0.472. The highest BCUT2D eigenvalue weighted by molar-refractivity contribution is 6.34. The Morgan fingerprint density at radius 2 is 1.62 bits per heavy atom. The fourth-order valence-electron chi connectivity index (χ4n) is 3.79. The number of nitrogens with one attached hydrogen (secondary N) is 2. The second-order valence-corrected chi connectivity index (χ2v) is 7.84. The molecule has 4 rings (SSSR count). The van der Waals surface area contributed by atoms with Crippen molar-refractivity contribution in [2.45, 2.75) is 5.92 Å². The second-order valence-electron chi connectivity index (χ2n) is 7.43. The first-order valence-corrected chi connectivity index (χ1v) is 10.7. The molecule has 0 saturated heterocycles. The number of amides is 2. The van der Waals surface area contributed by atoms with Crippen LogP contribution in [0.1, 0.15) is 27.4 Å². The number of anilines is 1. The first-order chi connectivity index (χ1) is 16.4. The Bertz CT molecular complexity index is 1300. The lowest BCUT2D eigenvalue weighted by Gasteiger charge is -2.14. The number of carbonyl (C=O) groups is 3. The van der Waals surface area contributed by atoms with Crippen molar-refractivity contribution < 1.29 is 24.2 Å². The molecule has 0 aliphatic heterocycles. The minimum atomic E-state index is -1.13. The van der Waals surface area contributed by atoms with Gasteiger partial charge in [-0.25, -0.2) is 9.59 Å². The number of carbonyl (C=O) groups excluding carboxylic acids is 2. The minimum Gasteiger partial charge on any atom is -0.478 e. The van der Waals surface area contributed by atoms with Gasteiger partial charge >= 0.3 is 12.1 Å². The summed E-state index contributed by atoms with van der Waals surface area (Å²) in [6.45, 7) is 0.0917. The molecule has 0 aromatic heterocycles. The van der Waals surface area contributed by atoms with Gasteiger partial charge in [0.25, 0.3) is 5.91 Å². The summed E-state index contributed by atoms with van der Waals surface area (Å²) in [5.41, 5.74) is 4.74. The summed E-state index contributed by atoms with van der Waals surface area (Å²) < 4.78 is 5.40. The van der Waals surface area contributed by atoms with E-state index in [0.717, 1.165) is 22.3 Å². The maximum Gasteiger partial charge on any atom is 0.407 e. The van der Waals surface area contributed by atoms with Crippen molar-refractivity contribution in [2.24, 2.45) is 0 Å². The van der Waals surface area contributed by atoms with E-state index in [0.29, 0.717) is 0 Å². The molecular weight excluding hydrogens is 456 g/mol. The van der Waals surface area contributed by atoms with E-state index in [9.17, 15) is 14.4 Å². The Morgan fingerprint density at radius 1 is 0.971 bits per heavy atom. The second kappa shape index (κ2) is 10.1. The van der Waals surface area contributed by atoms with E-state index in [1.54, 1.807) is 0 Å². The highest BCUT2D eigenvalue weighted by Crippen LogP contribution is 2.44. The Hall–Kier alpha value is -4.28. The van der Waals surface area contributed by atoms with Crippen LogP contribution in [-0.2, 0) is 9.53 Å². The highest BCUT2D eigenvalue weighted by atomic mass is 35.5. The van der Waals surface area contributed by atoms with E-state index in [1.807, 2.05) is 36.4 Å². The number of alkyl carbamates (subject to hydrolysis) is 1. The lowest BCUT2D eigenvalue weighted by Crippen LogP contribution is -2.26. The summed E-state index contributed by atoms with van der Waals surface area (Å²) in [6.07, 6.45) is -0.635. The molecule has 2 amide bonds. The fourth-order valence-corrected chi connectivity index (χ4v) is 4.02. The summed E-state index contributed by atoms with van der Waals surface area (Å²) in [5, 5.41) is 14.0. The number of hydrogen-bond donors (Lipinski definition) is 3. The molecule has 0 radical (unpaired) electrons. The predicted octanol–water partition coefficient (Wildman–Crippen LogP) is 4.52. The topological polar surface area (TPSA) is 105 Å². The van der Waals surface area contributed by atoms with Crippen LogP contribution in [-0.4, -0.2) is 36.2 Å². The van der Waals surface area contributed by atoms with E-state index in [-0.39, 0.29) is 35.3 Å². The highest BCUT2D eigenvalue weighted by Gasteiger charge is 2.28. The van der Waals surface area contributed by atoms with E-state index in [2.05, 4.69) is 34.6 Å². The van der Waals surface area contributed by atoms with Crippen LogP contribution in [0.25, 0.3) is 11.1 Å². The molecule has 0 atom stereocenters. The number of rotatable bonds is 5. The van der Waals surface area contributed by atoms with Gasteiger partial charge < -0.3 is 20.5 Å². The van der Waals surface area contributed by atoms with Crippen molar-refractivity contribution >= 4 is 35.3 Å².